The number of hydrogen-bond donors (Lipinski definition) is 2. The van der Waals surface area contributed by atoms with Gasteiger partial charge in [0.2, 0.25) is 0 Å². The second-order valence-corrected chi connectivity index (χ2v) is 8.39. The van der Waals surface area contributed by atoms with Gasteiger partial charge in [-0.05, 0) is 39.3 Å². The molecule has 1 aromatic heterocycles. The molecule has 2 aliphatic heterocycles. The Balaban J connectivity index is 1.45. The number of carbonyl (C=O) groups excluding carboxylic acids is 1. The first-order valence-electron chi connectivity index (χ1n) is 9.86. The van der Waals surface area contributed by atoms with Gasteiger partial charge in [-0.25, -0.2) is 14.9 Å². The number of nitrogens with zero attached hydrogens (tertiary/aromatic N) is 4. The molecular formula is C20H26N6O3. The number of H-pyrrole nitrogens is 1. The van der Waals surface area contributed by atoms with Crippen molar-refractivity contribution >= 4 is 34.2 Å². The van der Waals surface area contributed by atoms with E-state index in [4.69, 9.17) is 4.74 Å². The van der Waals surface area contributed by atoms with Crippen LogP contribution in [0.2, 0.25) is 0 Å². The summed E-state index contributed by atoms with van der Waals surface area (Å²) in [5.74, 6) is 1.30. The quantitative estimate of drug-likeness (QED) is 0.805. The highest BCUT2D eigenvalue weighted by molar-refractivity contribution is 6.12. The molecule has 2 aliphatic rings. The molecule has 0 bridgehead atoms. The van der Waals surface area contributed by atoms with E-state index in [0.29, 0.717) is 30.8 Å². The molecule has 2 aromatic rings. The van der Waals surface area contributed by atoms with E-state index in [1.807, 2.05) is 32.9 Å². The molecule has 0 spiro atoms. The highest BCUT2D eigenvalue weighted by Gasteiger charge is 2.25. The van der Waals surface area contributed by atoms with Crippen LogP contribution < -0.4 is 10.9 Å². The Morgan fingerprint density at radius 3 is 2.83 bits per heavy atom. The molecule has 9 nitrogen and oxygen atoms in total. The summed E-state index contributed by atoms with van der Waals surface area (Å²) in [6.45, 7) is 9.12. The minimum absolute atomic E-state index is 0.221. The van der Waals surface area contributed by atoms with Crippen LogP contribution in [0.15, 0.2) is 28.0 Å². The Morgan fingerprint density at radius 2 is 2.03 bits per heavy atom. The van der Waals surface area contributed by atoms with Crippen molar-refractivity contribution in [2.75, 3.05) is 38.0 Å². The minimum atomic E-state index is -0.494. The van der Waals surface area contributed by atoms with Gasteiger partial charge >= 0.3 is 6.09 Å². The molecule has 1 aromatic carbocycles. The molecule has 3 heterocycles. The SMILES string of the molecule is CC(C)(C)OC(=O)N1CCCN(CC2=Nc3n[nH]c(=O)c4cccc(c34)N2)CC1. The second kappa shape index (κ2) is 7.47. The predicted octanol–water partition coefficient (Wildman–Crippen LogP) is 2.32. The van der Waals surface area contributed by atoms with Crippen LogP contribution in [-0.2, 0) is 4.74 Å². The van der Waals surface area contributed by atoms with E-state index in [1.54, 1.807) is 11.0 Å². The van der Waals surface area contributed by atoms with Crippen molar-refractivity contribution in [3.8, 4) is 0 Å². The molecule has 2 N–H and O–H groups in total. The lowest BCUT2D eigenvalue weighted by Gasteiger charge is -2.27. The van der Waals surface area contributed by atoms with Crippen molar-refractivity contribution in [1.29, 1.82) is 0 Å². The number of carbonyl (C=O) groups is 1. The van der Waals surface area contributed by atoms with Gasteiger partial charge in [-0.15, -0.1) is 0 Å². The summed E-state index contributed by atoms with van der Waals surface area (Å²) >= 11 is 0. The van der Waals surface area contributed by atoms with Gasteiger partial charge in [-0.2, -0.15) is 5.10 Å². The number of amides is 1. The summed E-state index contributed by atoms with van der Waals surface area (Å²) in [6.07, 6.45) is 0.603. The van der Waals surface area contributed by atoms with Gasteiger partial charge in [0, 0.05) is 26.2 Å². The predicted molar refractivity (Wildman–Crippen MR) is 112 cm³/mol. The van der Waals surface area contributed by atoms with Gasteiger partial charge in [-0.1, -0.05) is 6.07 Å². The number of ether oxygens (including phenoxy) is 1. The molecule has 0 unspecified atom stereocenters. The zero-order valence-electron chi connectivity index (χ0n) is 17.0. The zero-order chi connectivity index (χ0) is 20.6. The number of aromatic amines is 1. The van der Waals surface area contributed by atoms with E-state index in [0.717, 1.165) is 36.4 Å². The Labute approximate surface area is 168 Å². The molecule has 1 fully saturated rings. The normalized spacial score (nSPS) is 17.5. The van der Waals surface area contributed by atoms with Crippen molar-refractivity contribution in [2.45, 2.75) is 32.8 Å². The second-order valence-electron chi connectivity index (χ2n) is 8.39. The van der Waals surface area contributed by atoms with Gasteiger partial charge in [0.25, 0.3) is 5.56 Å². The topological polar surface area (TPSA) is 103 Å². The van der Waals surface area contributed by atoms with Crippen molar-refractivity contribution < 1.29 is 9.53 Å². The lowest BCUT2D eigenvalue weighted by Crippen LogP contribution is -2.40. The van der Waals surface area contributed by atoms with Crippen LogP contribution in [0.25, 0.3) is 10.8 Å². The molecule has 0 radical (unpaired) electrons. The van der Waals surface area contributed by atoms with Crippen LogP contribution >= 0.6 is 0 Å². The molecule has 1 amide bonds. The van der Waals surface area contributed by atoms with Crippen LogP contribution in [0.4, 0.5) is 16.3 Å². The lowest BCUT2D eigenvalue weighted by molar-refractivity contribution is 0.0258. The molecule has 1 saturated heterocycles. The van der Waals surface area contributed by atoms with E-state index in [1.165, 1.54) is 0 Å². The smallest absolute Gasteiger partial charge is 0.410 e. The maximum absolute atomic E-state index is 12.3. The minimum Gasteiger partial charge on any atom is -0.444 e. The van der Waals surface area contributed by atoms with Gasteiger partial charge in [-0.3, -0.25) is 9.69 Å². The fourth-order valence-corrected chi connectivity index (χ4v) is 3.62. The monoisotopic (exact) mass is 398 g/mol. The molecule has 0 atom stereocenters. The summed E-state index contributed by atoms with van der Waals surface area (Å²) in [5, 5.41) is 11.3. The molecule has 0 saturated carbocycles. The van der Waals surface area contributed by atoms with Crippen LogP contribution in [0, 0.1) is 0 Å². The highest BCUT2D eigenvalue weighted by Crippen LogP contribution is 2.31. The standard InChI is InChI=1S/C20H26N6O3/c1-20(2,3)29-19(28)26-9-5-8-25(10-11-26)12-15-21-14-7-4-6-13-16(14)17(22-15)23-24-18(13)27/h4,6-7H,5,8-12H2,1-3H3,(H,24,27)(H,21,22,23). The fraction of sp³-hybridized carbons (Fsp3) is 0.500. The van der Waals surface area contributed by atoms with E-state index in [2.05, 4.69) is 25.4 Å². The maximum atomic E-state index is 12.3. The van der Waals surface area contributed by atoms with Crippen LogP contribution in [-0.4, -0.2) is 70.3 Å². The Morgan fingerprint density at radius 1 is 1.21 bits per heavy atom. The molecule has 0 aliphatic carbocycles. The third-order valence-electron chi connectivity index (χ3n) is 4.93. The Hall–Kier alpha value is -2.94. The molecule has 29 heavy (non-hydrogen) atoms. The maximum Gasteiger partial charge on any atom is 0.410 e. The van der Waals surface area contributed by atoms with Gasteiger partial charge in [0.1, 0.15) is 11.4 Å². The average Bonchev–Trinajstić information content (AvgIpc) is 2.89. The van der Waals surface area contributed by atoms with Crippen molar-refractivity contribution in [3.63, 3.8) is 0 Å². The number of hydrogen-bond acceptors (Lipinski definition) is 7. The summed E-state index contributed by atoms with van der Waals surface area (Å²) in [7, 11) is 0. The first-order chi connectivity index (χ1) is 13.8. The number of aliphatic imine (C=N–C) groups is 1. The third kappa shape index (κ3) is 4.24. The van der Waals surface area contributed by atoms with Crippen molar-refractivity contribution in [3.05, 3.63) is 28.6 Å². The summed E-state index contributed by atoms with van der Waals surface area (Å²) < 4.78 is 5.49. The third-order valence-corrected chi connectivity index (χ3v) is 4.93. The number of anilines is 1. The number of benzene rings is 1. The molecule has 154 valence electrons. The van der Waals surface area contributed by atoms with E-state index in [9.17, 15) is 9.59 Å². The van der Waals surface area contributed by atoms with Crippen LogP contribution in [0.1, 0.15) is 27.2 Å². The average molecular weight is 398 g/mol. The van der Waals surface area contributed by atoms with Crippen LogP contribution in [0.3, 0.4) is 0 Å². The molecule has 9 heteroatoms. The number of aromatic nitrogens is 2. The first-order valence-corrected chi connectivity index (χ1v) is 9.86. The summed E-state index contributed by atoms with van der Waals surface area (Å²) in [5.41, 5.74) is 0.124. The highest BCUT2D eigenvalue weighted by atomic mass is 16.6. The van der Waals surface area contributed by atoms with Crippen molar-refractivity contribution in [1.82, 2.24) is 20.0 Å². The van der Waals surface area contributed by atoms with E-state index in [-0.39, 0.29) is 11.7 Å². The Bertz CT molecular complexity index is 1020. The lowest BCUT2D eigenvalue weighted by atomic mass is 10.1. The fourth-order valence-electron chi connectivity index (χ4n) is 3.62. The number of nitrogens with one attached hydrogen (secondary N) is 2. The first kappa shape index (κ1) is 19.4. The van der Waals surface area contributed by atoms with Gasteiger partial charge in [0.15, 0.2) is 5.82 Å². The van der Waals surface area contributed by atoms with Gasteiger partial charge < -0.3 is 15.0 Å². The number of amidine groups is 1. The van der Waals surface area contributed by atoms with Crippen LogP contribution in [0.5, 0.6) is 0 Å². The number of rotatable bonds is 2. The summed E-state index contributed by atoms with van der Waals surface area (Å²) in [4.78, 5) is 33.0. The Kier molecular flexibility index (Phi) is 4.99. The van der Waals surface area contributed by atoms with Crippen molar-refractivity contribution in [2.24, 2.45) is 4.99 Å². The molecule has 4 rings (SSSR count). The summed E-state index contributed by atoms with van der Waals surface area (Å²) in [6, 6.07) is 5.54. The van der Waals surface area contributed by atoms with E-state index < -0.39 is 5.60 Å². The largest absolute Gasteiger partial charge is 0.444 e. The van der Waals surface area contributed by atoms with E-state index >= 15 is 0 Å². The zero-order valence-corrected chi connectivity index (χ0v) is 17.0. The molecular weight excluding hydrogens is 372 g/mol. The van der Waals surface area contributed by atoms with Gasteiger partial charge in [0.05, 0.1) is 23.0 Å².